The lowest BCUT2D eigenvalue weighted by molar-refractivity contribution is -0.127. The number of rotatable bonds is 3. The molecular weight excluding hydrogens is 240 g/mol. The summed E-state index contributed by atoms with van der Waals surface area (Å²) in [6, 6.07) is 0.550. The highest BCUT2D eigenvalue weighted by Crippen LogP contribution is 2.18. The molecule has 1 aliphatic heterocycles. The van der Waals surface area contributed by atoms with Crippen molar-refractivity contribution >= 4 is 11.9 Å². The van der Waals surface area contributed by atoms with Gasteiger partial charge in [0.1, 0.15) is 6.54 Å². The summed E-state index contributed by atoms with van der Waals surface area (Å²) in [5.74, 6) is 1.00. The number of nitrogens with one attached hydrogen (secondary N) is 1. The molecule has 5 nitrogen and oxygen atoms in total. The maximum absolute atomic E-state index is 11.7. The van der Waals surface area contributed by atoms with E-state index in [-0.39, 0.29) is 12.5 Å². The van der Waals surface area contributed by atoms with Crippen LogP contribution in [0.2, 0.25) is 0 Å². The van der Waals surface area contributed by atoms with Crippen LogP contribution in [0.25, 0.3) is 0 Å². The van der Waals surface area contributed by atoms with Crippen LogP contribution in [-0.2, 0) is 4.79 Å². The lowest BCUT2D eigenvalue weighted by Crippen LogP contribution is -2.44. The molecule has 2 fully saturated rings. The summed E-state index contributed by atoms with van der Waals surface area (Å²) in [4.78, 5) is 20.1. The van der Waals surface area contributed by atoms with Crippen LogP contribution in [0.5, 0.6) is 0 Å². The van der Waals surface area contributed by atoms with Gasteiger partial charge in [0.15, 0.2) is 5.96 Å². The van der Waals surface area contributed by atoms with Crippen molar-refractivity contribution in [3.63, 3.8) is 0 Å². The number of carbonyl (C=O) groups excluding carboxylic acids is 1. The zero-order valence-electron chi connectivity index (χ0n) is 12.2. The molecule has 0 aromatic carbocycles. The second-order valence-corrected chi connectivity index (χ2v) is 5.75. The Labute approximate surface area is 116 Å². The molecule has 108 valence electrons. The Hall–Kier alpha value is -1.26. The zero-order valence-corrected chi connectivity index (χ0v) is 12.2. The number of likely N-dealkylation sites (tertiary alicyclic amines) is 1. The van der Waals surface area contributed by atoms with Crippen molar-refractivity contribution in [1.82, 2.24) is 15.1 Å². The molecule has 5 heteroatoms. The zero-order chi connectivity index (χ0) is 13.7. The van der Waals surface area contributed by atoms with Crippen LogP contribution in [0.1, 0.15) is 38.5 Å². The van der Waals surface area contributed by atoms with Crippen LogP contribution in [0.3, 0.4) is 0 Å². The van der Waals surface area contributed by atoms with Crippen molar-refractivity contribution in [1.29, 1.82) is 0 Å². The van der Waals surface area contributed by atoms with Gasteiger partial charge in [0.2, 0.25) is 5.91 Å². The number of hydrogen-bond acceptors (Lipinski definition) is 2. The minimum absolute atomic E-state index is 0.0601. The topological polar surface area (TPSA) is 47.9 Å². The predicted octanol–water partition coefficient (Wildman–Crippen LogP) is 1.06. The third-order valence-electron chi connectivity index (χ3n) is 3.96. The van der Waals surface area contributed by atoms with E-state index < -0.39 is 0 Å². The van der Waals surface area contributed by atoms with E-state index in [0.717, 1.165) is 19.0 Å². The van der Waals surface area contributed by atoms with Crippen molar-refractivity contribution in [2.24, 2.45) is 4.99 Å². The number of nitrogens with zero attached hydrogens (tertiary/aromatic N) is 3. The van der Waals surface area contributed by atoms with Crippen LogP contribution in [0.4, 0.5) is 0 Å². The fourth-order valence-corrected chi connectivity index (χ4v) is 2.70. The summed E-state index contributed by atoms with van der Waals surface area (Å²) in [7, 11) is 3.55. The first-order valence-corrected chi connectivity index (χ1v) is 7.43. The van der Waals surface area contributed by atoms with Gasteiger partial charge in [0, 0.05) is 33.2 Å². The first kappa shape index (κ1) is 14.2. The molecule has 0 atom stereocenters. The summed E-state index contributed by atoms with van der Waals surface area (Å²) < 4.78 is 0. The van der Waals surface area contributed by atoms with Gasteiger partial charge in [-0.1, -0.05) is 12.8 Å². The molecule has 2 aliphatic rings. The lowest BCUT2D eigenvalue weighted by Gasteiger charge is -2.24. The van der Waals surface area contributed by atoms with E-state index in [9.17, 15) is 4.79 Å². The van der Waals surface area contributed by atoms with Crippen LogP contribution in [0, 0.1) is 0 Å². The summed E-state index contributed by atoms with van der Waals surface area (Å²) in [5, 5.41) is 3.56. The molecule has 0 bridgehead atoms. The third kappa shape index (κ3) is 4.11. The van der Waals surface area contributed by atoms with Crippen molar-refractivity contribution in [2.45, 2.75) is 44.6 Å². The summed E-state index contributed by atoms with van der Waals surface area (Å²) in [6.07, 6.45) is 7.53. The SMILES string of the molecule is CN(C)C(=O)CN=C(NC1CCCC1)N1CCCC1. The highest BCUT2D eigenvalue weighted by molar-refractivity contribution is 5.85. The largest absolute Gasteiger partial charge is 0.353 e. The molecule has 0 aromatic rings. The van der Waals surface area contributed by atoms with Crippen molar-refractivity contribution < 1.29 is 4.79 Å². The van der Waals surface area contributed by atoms with E-state index in [2.05, 4.69) is 15.2 Å². The normalized spacial score (nSPS) is 20.9. The maximum atomic E-state index is 11.7. The maximum Gasteiger partial charge on any atom is 0.243 e. The molecule has 1 heterocycles. The number of hydrogen-bond donors (Lipinski definition) is 1. The highest BCUT2D eigenvalue weighted by atomic mass is 16.2. The molecule has 19 heavy (non-hydrogen) atoms. The molecule has 2 rings (SSSR count). The van der Waals surface area contributed by atoms with Crippen molar-refractivity contribution in [3.05, 3.63) is 0 Å². The number of carbonyl (C=O) groups is 1. The molecular formula is C14H26N4O. The number of guanidine groups is 1. The number of aliphatic imine (C=N–C) groups is 1. The van der Waals surface area contributed by atoms with Gasteiger partial charge >= 0.3 is 0 Å². The average Bonchev–Trinajstić information content (AvgIpc) is 3.06. The Bertz CT molecular complexity index is 328. The quantitative estimate of drug-likeness (QED) is 0.614. The van der Waals surface area contributed by atoms with Gasteiger partial charge in [-0.25, -0.2) is 4.99 Å². The Kier molecular flexibility index (Phi) is 5.05. The van der Waals surface area contributed by atoms with Crippen LogP contribution < -0.4 is 5.32 Å². The van der Waals surface area contributed by atoms with Gasteiger partial charge in [0.25, 0.3) is 0 Å². The van der Waals surface area contributed by atoms with Gasteiger partial charge in [0.05, 0.1) is 0 Å². The minimum atomic E-state index is 0.0601. The monoisotopic (exact) mass is 266 g/mol. The Morgan fingerprint density at radius 3 is 2.42 bits per heavy atom. The first-order valence-electron chi connectivity index (χ1n) is 7.43. The van der Waals surface area contributed by atoms with E-state index in [1.54, 1.807) is 19.0 Å². The lowest BCUT2D eigenvalue weighted by atomic mass is 10.2. The molecule has 0 spiro atoms. The van der Waals surface area contributed by atoms with E-state index >= 15 is 0 Å². The smallest absolute Gasteiger partial charge is 0.243 e. The van der Waals surface area contributed by atoms with E-state index in [1.807, 2.05) is 0 Å². The van der Waals surface area contributed by atoms with E-state index in [1.165, 1.54) is 38.5 Å². The Morgan fingerprint density at radius 1 is 1.21 bits per heavy atom. The molecule has 1 N–H and O–H groups in total. The van der Waals surface area contributed by atoms with Crippen molar-refractivity contribution in [3.8, 4) is 0 Å². The second kappa shape index (κ2) is 6.78. The van der Waals surface area contributed by atoms with Gasteiger partial charge in [-0.3, -0.25) is 4.79 Å². The van der Waals surface area contributed by atoms with E-state index in [0.29, 0.717) is 6.04 Å². The van der Waals surface area contributed by atoms with Gasteiger partial charge in [-0.05, 0) is 25.7 Å². The number of likely N-dealkylation sites (N-methyl/N-ethyl adjacent to an activating group) is 1. The Balaban J connectivity index is 1.95. The molecule has 1 amide bonds. The number of amides is 1. The second-order valence-electron chi connectivity index (χ2n) is 5.75. The Morgan fingerprint density at radius 2 is 1.84 bits per heavy atom. The van der Waals surface area contributed by atoms with E-state index in [4.69, 9.17) is 0 Å². The average molecular weight is 266 g/mol. The summed E-state index contributed by atoms with van der Waals surface area (Å²) >= 11 is 0. The predicted molar refractivity (Wildman–Crippen MR) is 77.2 cm³/mol. The highest BCUT2D eigenvalue weighted by Gasteiger charge is 2.21. The fourth-order valence-electron chi connectivity index (χ4n) is 2.70. The van der Waals surface area contributed by atoms with Crippen molar-refractivity contribution in [2.75, 3.05) is 33.7 Å². The van der Waals surface area contributed by atoms with Crippen LogP contribution in [-0.4, -0.2) is 61.4 Å². The first-order chi connectivity index (χ1) is 9.16. The molecule has 1 saturated heterocycles. The van der Waals surface area contributed by atoms with Gasteiger partial charge < -0.3 is 15.1 Å². The summed E-state index contributed by atoms with van der Waals surface area (Å²) in [5.41, 5.74) is 0. The van der Waals surface area contributed by atoms with Gasteiger partial charge in [-0.2, -0.15) is 0 Å². The molecule has 1 saturated carbocycles. The standard InChI is InChI=1S/C14H26N4O/c1-17(2)13(19)11-15-14(18-9-5-6-10-18)16-12-7-3-4-8-12/h12H,3-11H2,1-2H3,(H,15,16). The molecule has 0 radical (unpaired) electrons. The molecule has 0 aromatic heterocycles. The summed E-state index contributed by atoms with van der Waals surface area (Å²) in [6.45, 7) is 2.38. The molecule has 0 unspecified atom stereocenters. The fraction of sp³-hybridized carbons (Fsp3) is 0.857. The minimum Gasteiger partial charge on any atom is -0.353 e. The molecule has 1 aliphatic carbocycles. The van der Waals surface area contributed by atoms with Crippen LogP contribution >= 0.6 is 0 Å². The van der Waals surface area contributed by atoms with Gasteiger partial charge in [-0.15, -0.1) is 0 Å². The third-order valence-corrected chi connectivity index (χ3v) is 3.96. The van der Waals surface area contributed by atoms with Crippen LogP contribution in [0.15, 0.2) is 4.99 Å².